The van der Waals surface area contributed by atoms with Gasteiger partial charge in [0.1, 0.15) is 23.6 Å². The molecule has 67 heavy (non-hydrogen) atoms. The summed E-state index contributed by atoms with van der Waals surface area (Å²) in [5.41, 5.74) is 6.09. The number of H-pyrrole nitrogens is 1. The van der Waals surface area contributed by atoms with Crippen molar-refractivity contribution in [2.24, 2.45) is 5.41 Å². The van der Waals surface area contributed by atoms with Gasteiger partial charge in [0.05, 0.1) is 46.9 Å². The molecule has 3 N–H and O–H groups in total. The van der Waals surface area contributed by atoms with E-state index in [0.717, 1.165) is 73.2 Å². The molecule has 1 amide bonds. The second-order valence-electron chi connectivity index (χ2n) is 18.5. The number of fused-ring (bicyclic) bond motifs is 2. The molecule has 5 aromatic rings. The van der Waals surface area contributed by atoms with Crippen molar-refractivity contribution in [1.82, 2.24) is 19.6 Å². The number of nitro groups is 1. The van der Waals surface area contributed by atoms with Gasteiger partial charge in [-0.1, -0.05) is 43.2 Å². The molecule has 354 valence electrons. The number of piperazine rings is 1. The summed E-state index contributed by atoms with van der Waals surface area (Å²) in [7, 11) is -4.69. The Bertz CT molecular complexity index is 2830. The molecule has 2 aromatic heterocycles. The maximum atomic E-state index is 15.1. The lowest BCUT2D eigenvalue weighted by atomic mass is 9.72. The smallest absolute Gasteiger partial charge is 0.293 e. The molecule has 2 saturated heterocycles. The summed E-state index contributed by atoms with van der Waals surface area (Å²) in [6, 6.07) is 20.4. The summed E-state index contributed by atoms with van der Waals surface area (Å²) < 4.78 is 61.8. The monoisotopic (exact) mass is 956 g/mol. The number of aromatic amines is 1. The van der Waals surface area contributed by atoms with Gasteiger partial charge in [0.2, 0.25) is 11.7 Å². The van der Waals surface area contributed by atoms with E-state index in [0.29, 0.717) is 49.0 Å². The molecule has 2 fully saturated rings. The standard InChI is InChI=1S/C48H54ClFN8O8S/c1-31-14-17-57(43-24-33-13-16-51-44(33)53-46(43)66-31)41-25-36(56-20-18-55(19-21-56)28-34-12-15-47(2,3)27-39(34)32-4-6-35(49)7-5-32)8-10-38(41)45(59)54-67(62,63)37-9-11-40(42(26-37)58(60)61)52-29-48(50)30-64-22-23-65-48/h4-11,13,16,24-26,31,52H,12,14-15,17-23,27-30H2,1-3H3,(H,51,53)(H,54,59)/t31-,48+/m1/s1. The molecule has 0 spiro atoms. The second-order valence-corrected chi connectivity index (χ2v) is 20.6. The van der Waals surface area contributed by atoms with E-state index in [-0.39, 0.29) is 42.6 Å². The van der Waals surface area contributed by atoms with E-state index in [1.165, 1.54) is 16.7 Å². The Morgan fingerprint density at radius 1 is 1.01 bits per heavy atom. The molecule has 3 aliphatic heterocycles. The second kappa shape index (κ2) is 18.7. The molecule has 3 aromatic carbocycles. The first kappa shape index (κ1) is 46.3. The quantitative estimate of drug-likeness (QED) is 0.0800. The number of anilines is 4. The van der Waals surface area contributed by atoms with Crippen molar-refractivity contribution < 1.29 is 36.7 Å². The molecule has 0 radical (unpaired) electrons. The van der Waals surface area contributed by atoms with Crippen molar-refractivity contribution in [1.29, 1.82) is 0 Å². The average molecular weight is 958 g/mol. The Kier molecular flexibility index (Phi) is 12.9. The lowest BCUT2D eigenvalue weighted by molar-refractivity contribution is -0.384. The number of nitrogens with zero attached hydrogens (tertiary/aromatic N) is 5. The van der Waals surface area contributed by atoms with Gasteiger partial charge in [-0.05, 0) is 97.3 Å². The van der Waals surface area contributed by atoms with Crippen molar-refractivity contribution in [3.63, 3.8) is 0 Å². The number of sulfonamides is 1. The van der Waals surface area contributed by atoms with Crippen LogP contribution in [0.1, 0.15) is 62.4 Å². The van der Waals surface area contributed by atoms with Gasteiger partial charge in [-0.3, -0.25) is 19.8 Å². The first-order valence-corrected chi connectivity index (χ1v) is 24.4. The third-order valence-corrected chi connectivity index (χ3v) is 14.6. The van der Waals surface area contributed by atoms with E-state index in [9.17, 15) is 23.3 Å². The Balaban J connectivity index is 0.997. The van der Waals surface area contributed by atoms with E-state index in [2.05, 4.69) is 50.8 Å². The number of amides is 1. The molecule has 0 saturated carbocycles. The van der Waals surface area contributed by atoms with Gasteiger partial charge in [-0.2, -0.15) is 4.98 Å². The first-order chi connectivity index (χ1) is 32.0. The number of nitrogens with one attached hydrogen (secondary N) is 3. The fourth-order valence-corrected chi connectivity index (χ4v) is 10.4. The summed E-state index contributed by atoms with van der Waals surface area (Å²) in [5.74, 6) is -2.82. The van der Waals surface area contributed by atoms with Crippen molar-refractivity contribution in [3.8, 4) is 5.88 Å². The largest absolute Gasteiger partial charge is 0.473 e. The van der Waals surface area contributed by atoms with Crippen molar-refractivity contribution in [2.45, 2.75) is 63.3 Å². The van der Waals surface area contributed by atoms with Gasteiger partial charge in [0, 0.05) is 74.0 Å². The van der Waals surface area contributed by atoms with Gasteiger partial charge in [0.25, 0.3) is 21.6 Å². The molecule has 0 bridgehead atoms. The van der Waals surface area contributed by atoms with Crippen LogP contribution in [0.15, 0.2) is 89.5 Å². The van der Waals surface area contributed by atoms with Crippen LogP contribution in [0.3, 0.4) is 0 Å². The van der Waals surface area contributed by atoms with E-state index in [4.69, 9.17) is 30.8 Å². The third-order valence-electron chi connectivity index (χ3n) is 13.0. The van der Waals surface area contributed by atoms with Gasteiger partial charge < -0.3 is 34.3 Å². The number of benzene rings is 3. The molecular weight excluding hydrogens is 903 g/mol. The SMILES string of the molecule is C[C@@H]1CCN(c2cc(N3CCN(CC4=C(c5ccc(Cl)cc5)CC(C)(C)CC4)CC3)ccc2C(=O)NS(=O)(=O)c2ccc(NC[C@@]3(F)COCCO3)c([N+](=O)[O-])c2)c2cc3cc[nH]c3nc2O1. The zero-order chi connectivity index (χ0) is 47.1. The van der Waals surface area contributed by atoms with Crippen LogP contribution < -0.4 is 24.6 Å². The molecular formula is C48H54ClFN8O8S. The minimum Gasteiger partial charge on any atom is -0.473 e. The third kappa shape index (κ3) is 10.2. The lowest BCUT2D eigenvalue weighted by Gasteiger charge is -2.39. The molecule has 19 heteroatoms. The van der Waals surface area contributed by atoms with E-state index in [1.54, 1.807) is 12.3 Å². The predicted molar refractivity (Wildman–Crippen MR) is 256 cm³/mol. The number of pyridine rings is 1. The number of carbonyl (C=O) groups is 1. The molecule has 4 aliphatic rings. The van der Waals surface area contributed by atoms with Crippen LogP contribution >= 0.6 is 11.6 Å². The van der Waals surface area contributed by atoms with E-state index >= 15 is 4.39 Å². The molecule has 0 unspecified atom stereocenters. The topological polar surface area (TPSA) is 185 Å². The molecule has 16 nitrogen and oxygen atoms in total. The minimum atomic E-state index is -4.69. The highest BCUT2D eigenvalue weighted by molar-refractivity contribution is 7.90. The maximum absolute atomic E-state index is 15.1. The van der Waals surface area contributed by atoms with E-state index < -0.39 is 43.8 Å². The lowest BCUT2D eigenvalue weighted by Crippen LogP contribution is -2.47. The zero-order valence-electron chi connectivity index (χ0n) is 37.6. The van der Waals surface area contributed by atoms with Gasteiger partial charge >= 0.3 is 0 Å². The average Bonchev–Trinajstić information content (AvgIpc) is 3.70. The Morgan fingerprint density at radius 2 is 1.81 bits per heavy atom. The summed E-state index contributed by atoms with van der Waals surface area (Å²) in [6.45, 7) is 10.3. The number of alkyl halides is 1. The fraction of sp³-hybridized carbons (Fsp3) is 0.417. The van der Waals surface area contributed by atoms with Crippen LogP contribution in [0.2, 0.25) is 5.02 Å². The number of aromatic nitrogens is 2. The molecule has 1 aliphatic carbocycles. The van der Waals surface area contributed by atoms with Crippen molar-refractivity contribution in [2.75, 3.05) is 80.8 Å². The van der Waals surface area contributed by atoms with Crippen LogP contribution in [0, 0.1) is 15.5 Å². The number of hydrogen-bond donors (Lipinski definition) is 3. The van der Waals surface area contributed by atoms with Crippen molar-refractivity contribution in [3.05, 3.63) is 111 Å². The number of hydrogen-bond acceptors (Lipinski definition) is 13. The predicted octanol–water partition coefficient (Wildman–Crippen LogP) is 8.46. The molecule has 5 heterocycles. The number of nitro benzene ring substituents is 1. The summed E-state index contributed by atoms with van der Waals surface area (Å²) in [4.78, 5) is 39.9. The Morgan fingerprint density at radius 3 is 2.55 bits per heavy atom. The number of allylic oxidation sites excluding steroid dienone is 1. The van der Waals surface area contributed by atoms with E-state index in [1.807, 2.05) is 48.2 Å². The molecule has 2 atom stereocenters. The summed E-state index contributed by atoms with van der Waals surface area (Å²) in [6.07, 6.45) is 5.27. The number of ether oxygens (including phenoxy) is 3. The fourth-order valence-electron chi connectivity index (χ4n) is 9.29. The summed E-state index contributed by atoms with van der Waals surface area (Å²) >= 11 is 6.27. The van der Waals surface area contributed by atoms with Crippen molar-refractivity contribution >= 4 is 72.6 Å². The number of rotatable bonds is 12. The van der Waals surface area contributed by atoms with Gasteiger partial charge in [-0.25, -0.2) is 17.5 Å². The normalized spacial score (nSPS) is 21.4. The molecule has 9 rings (SSSR count). The van der Waals surface area contributed by atoms with Crippen LogP contribution in [-0.4, -0.2) is 112 Å². The summed E-state index contributed by atoms with van der Waals surface area (Å²) in [5, 5.41) is 16.4. The zero-order valence-corrected chi connectivity index (χ0v) is 39.2. The maximum Gasteiger partial charge on any atom is 0.293 e. The first-order valence-electron chi connectivity index (χ1n) is 22.5. The van der Waals surface area contributed by atoms with Crippen LogP contribution in [0.4, 0.5) is 32.8 Å². The number of halogens is 2. The van der Waals surface area contributed by atoms with Gasteiger partial charge in [-0.15, -0.1) is 0 Å². The minimum absolute atomic E-state index is 0.00864. The highest BCUT2D eigenvalue weighted by atomic mass is 35.5. The van der Waals surface area contributed by atoms with Crippen LogP contribution in [0.25, 0.3) is 16.6 Å². The van der Waals surface area contributed by atoms with Crippen LogP contribution in [0.5, 0.6) is 5.88 Å². The highest BCUT2D eigenvalue weighted by Crippen LogP contribution is 2.44. The number of carbonyl (C=O) groups excluding carboxylic acids is 1. The van der Waals surface area contributed by atoms with Gasteiger partial charge in [0.15, 0.2) is 0 Å². The van der Waals surface area contributed by atoms with Crippen LogP contribution in [-0.2, 0) is 19.5 Å². The Labute approximate surface area is 393 Å². The highest BCUT2D eigenvalue weighted by Gasteiger charge is 2.36. The Hall–Kier alpha value is -5.79.